The van der Waals surface area contributed by atoms with E-state index >= 15 is 0 Å². The molecule has 1 aliphatic heterocycles. The molecule has 3 heterocycles. The number of aromatic nitrogens is 4. The van der Waals surface area contributed by atoms with E-state index in [9.17, 15) is 0 Å². The number of hydrogen-bond donors (Lipinski definition) is 0. The Hall–Kier alpha value is -1.07. The van der Waals surface area contributed by atoms with Gasteiger partial charge in [0, 0.05) is 19.6 Å². The Labute approximate surface area is 130 Å². The summed E-state index contributed by atoms with van der Waals surface area (Å²) < 4.78 is 4.22. The Morgan fingerprint density at radius 1 is 1.43 bits per heavy atom. The Bertz CT molecular complexity index is 642. The van der Waals surface area contributed by atoms with Crippen LogP contribution in [0, 0.1) is 6.92 Å². The predicted molar refractivity (Wildman–Crippen MR) is 85.8 cm³/mol. The highest BCUT2D eigenvalue weighted by molar-refractivity contribution is 6.20. The third kappa shape index (κ3) is 2.46. The highest BCUT2D eigenvalue weighted by atomic mass is 35.5. The molecule has 1 fully saturated rings. The summed E-state index contributed by atoms with van der Waals surface area (Å²) in [6.45, 7) is 9.51. The number of halogens is 1. The van der Waals surface area contributed by atoms with Crippen molar-refractivity contribution < 1.29 is 0 Å². The number of hydrogen-bond acceptors (Lipinski definition) is 3. The standard InChI is InChI=1S/C15H24ClN5/c1-5-20-8-6-7-12(20)9-21-14(10(2)16)17-13-11(3)18-19(4)15(13)21/h10,12H,5-9H2,1-4H3. The average Bonchev–Trinajstić information content (AvgIpc) is 3.08. The summed E-state index contributed by atoms with van der Waals surface area (Å²) in [5, 5.41) is 4.41. The molecule has 3 rings (SSSR count). The van der Waals surface area contributed by atoms with E-state index in [0.29, 0.717) is 6.04 Å². The monoisotopic (exact) mass is 309 g/mol. The minimum absolute atomic E-state index is 0.0896. The predicted octanol–water partition coefficient (Wildman–Crippen LogP) is 2.86. The lowest BCUT2D eigenvalue weighted by molar-refractivity contribution is 0.243. The van der Waals surface area contributed by atoms with Crippen LogP contribution in [-0.4, -0.2) is 43.4 Å². The highest BCUT2D eigenvalue weighted by Crippen LogP contribution is 2.28. The number of fused-ring (bicyclic) bond motifs is 1. The minimum atomic E-state index is -0.0896. The minimum Gasteiger partial charge on any atom is -0.310 e. The van der Waals surface area contributed by atoms with Crippen molar-refractivity contribution in [1.29, 1.82) is 0 Å². The second-order valence-electron chi connectivity index (χ2n) is 6.00. The van der Waals surface area contributed by atoms with Crippen molar-refractivity contribution in [3.63, 3.8) is 0 Å². The Morgan fingerprint density at radius 2 is 2.19 bits per heavy atom. The van der Waals surface area contributed by atoms with E-state index in [1.165, 1.54) is 19.4 Å². The maximum Gasteiger partial charge on any atom is 0.158 e. The van der Waals surface area contributed by atoms with Gasteiger partial charge in [-0.05, 0) is 39.8 Å². The van der Waals surface area contributed by atoms with E-state index in [4.69, 9.17) is 16.6 Å². The van der Waals surface area contributed by atoms with Gasteiger partial charge in [-0.2, -0.15) is 5.10 Å². The van der Waals surface area contributed by atoms with E-state index in [1.54, 1.807) is 0 Å². The third-order valence-electron chi connectivity index (χ3n) is 4.57. The molecule has 0 radical (unpaired) electrons. The van der Waals surface area contributed by atoms with Crippen LogP contribution in [0.25, 0.3) is 11.2 Å². The van der Waals surface area contributed by atoms with Gasteiger partial charge < -0.3 is 4.57 Å². The summed E-state index contributed by atoms with van der Waals surface area (Å²) >= 11 is 6.37. The first kappa shape index (κ1) is 14.9. The third-order valence-corrected chi connectivity index (χ3v) is 4.77. The molecule has 0 bridgehead atoms. The van der Waals surface area contributed by atoms with Crippen molar-refractivity contribution >= 4 is 22.8 Å². The van der Waals surface area contributed by atoms with Gasteiger partial charge in [0.1, 0.15) is 11.3 Å². The zero-order valence-corrected chi connectivity index (χ0v) is 14.1. The zero-order chi connectivity index (χ0) is 15.1. The maximum absolute atomic E-state index is 6.37. The molecule has 2 aromatic rings. The fourth-order valence-corrected chi connectivity index (χ4v) is 3.73. The number of alkyl halides is 1. The van der Waals surface area contributed by atoms with Gasteiger partial charge in [0.15, 0.2) is 5.65 Å². The lowest BCUT2D eigenvalue weighted by Crippen LogP contribution is -2.33. The van der Waals surface area contributed by atoms with Gasteiger partial charge in [-0.25, -0.2) is 4.98 Å². The van der Waals surface area contributed by atoms with Crippen LogP contribution >= 0.6 is 11.6 Å². The molecule has 0 spiro atoms. The number of nitrogens with zero attached hydrogens (tertiary/aromatic N) is 5. The summed E-state index contributed by atoms with van der Waals surface area (Å²) in [5.74, 6) is 0.964. The Balaban J connectivity index is 2.05. The van der Waals surface area contributed by atoms with Gasteiger partial charge in [-0.15, -0.1) is 11.6 Å². The first-order valence-electron chi connectivity index (χ1n) is 7.80. The molecular weight excluding hydrogens is 286 g/mol. The van der Waals surface area contributed by atoms with E-state index < -0.39 is 0 Å². The van der Waals surface area contributed by atoms with Crippen LogP contribution in [0.5, 0.6) is 0 Å². The van der Waals surface area contributed by atoms with E-state index in [-0.39, 0.29) is 5.38 Å². The van der Waals surface area contributed by atoms with Crippen LogP contribution in [0.3, 0.4) is 0 Å². The molecular formula is C15H24ClN5. The second kappa shape index (κ2) is 5.61. The molecule has 5 nitrogen and oxygen atoms in total. The van der Waals surface area contributed by atoms with Crippen molar-refractivity contribution in [2.75, 3.05) is 13.1 Å². The quantitative estimate of drug-likeness (QED) is 0.815. The largest absolute Gasteiger partial charge is 0.310 e. The highest BCUT2D eigenvalue weighted by Gasteiger charge is 2.27. The number of likely N-dealkylation sites (tertiary alicyclic amines) is 1. The van der Waals surface area contributed by atoms with Crippen molar-refractivity contribution in [2.45, 2.75) is 51.6 Å². The molecule has 1 aliphatic rings. The smallest absolute Gasteiger partial charge is 0.158 e. The van der Waals surface area contributed by atoms with Crippen LogP contribution in [0.1, 0.15) is 43.6 Å². The van der Waals surface area contributed by atoms with Crippen LogP contribution in [0.15, 0.2) is 0 Å². The summed E-state index contributed by atoms with van der Waals surface area (Å²) in [5.41, 5.74) is 3.06. The first-order chi connectivity index (χ1) is 10.0. The molecule has 6 heteroatoms. The summed E-state index contributed by atoms with van der Waals surface area (Å²) in [4.78, 5) is 7.31. The van der Waals surface area contributed by atoms with Gasteiger partial charge in [0.05, 0.1) is 11.1 Å². The molecule has 2 unspecified atom stereocenters. The summed E-state index contributed by atoms with van der Waals surface area (Å²) in [6.07, 6.45) is 2.53. The van der Waals surface area contributed by atoms with Gasteiger partial charge in [-0.1, -0.05) is 6.92 Å². The summed E-state index contributed by atoms with van der Waals surface area (Å²) in [6, 6.07) is 0.580. The molecule has 0 aliphatic carbocycles. The first-order valence-corrected chi connectivity index (χ1v) is 8.24. The van der Waals surface area contributed by atoms with Crippen molar-refractivity contribution in [3.05, 3.63) is 11.5 Å². The van der Waals surface area contributed by atoms with Gasteiger partial charge in [-0.3, -0.25) is 9.58 Å². The lowest BCUT2D eigenvalue weighted by Gasteiger charge is -2.24. The molecule has 1 saturated heterocycles. The Kier molecular flexibility index (Phi) is 3.97. The van der Waals surface area contributed by atoms with Gasteiger partial charge >= 0.3 is 0 Å². The molecule has 0 saturated carbocycles. The second-order valence-corrected chi connectivity index (χ2v) is 6.66. The van der Waals surface area contributed by atoms with Crippen molar-refractivity contribution in [2.24, 2.45) is 7.05 Å². The molecule has 0 aromatic carbocycles. The molecule has 21 heavy (non-hydrogen) atoms. The van der Waals surface area contributed by atoms with Gasteiger partial charge in [0.25, 0.3) is 0 Å². The summed E-state index contributed by atoms with van der Waals surface area (Å²) in [7, 11) is 1.99. The number of likely N-dealkylation sites (N-methyl/N-ethyl adjacent to an activating group) is 1. The van der Waals surface area contributed by atoms with E-state index in [1.807, 2.05) is 25.6 Å². The molecule has 116 valence electrons. The molecule has 0 amide bonds. The van der Waals surface area contributed by atoms with Crippen molar-refractivity contribution in [3.8, 4) is 0 Å². The number of aryl methyl sites for hydroxylation is 2. The fraction of sp³-hybridized carbons (Fsp3) is 0.733. The lowest BCUT2D eigenvalue weighted by atomic mass is 10.2. The fourth-order valence-electron chi connectivity index (χ4n) is 3.56. The zero-order valence-electron chi connectivity index (χ0n) is 13.3. The van der Waals surface area contributed by atoms with E-state index in [0.717, 1.165) is 35.8 Å². The molecule has 0 N–H and O–H groups in total. The van der Waals surface area contributed by atoms with Crippen molar-refractivity contribution in [1.82, 2.24) is 24.2 Å². The molecule has 2 aromatic heterocycles. The Morgan fingerprint density at radius 3 is 2.86 bits per heavy atom. The SMILES string of the molecule is CCN1CCCC1Cn1c(C(C)Cl)nc2c(C)nn(C)c21. The molecule has 2 atom stereocenters. The number of imidazole rings is 1. The number of rotatable bonds is 4. The van der Waals surface area contributed by atoms with Crippen LogP contribution < -0.4 is 0 Å². The maximum atomic E-state index is 6.37. The van der Waals surface area contributed by atoms with Gasteiger partial charge in [0.2, 0.25) is 0 Å². The topological polar surface area (TPSA) is 38.9 Å². The van der Waals surface area contributed by atoms with E-state index in [2.05, 4.69) is 21.5 Å². The van der Waals surface area contributed by atoms with Crippen LogP contribution in [0.2, 0.25) is 0 Å². The normalized spacial score (nSPS) is 21.5. The average molecular weight is 310 g/mol. The van der Waals surface area contributed by atoms with Crippen LogP contribution in [-0.2, 0) is 13.6 Å². The van der Waals surface area contributed by atoms with Crippen LogP contribution in [0.4, 0.5) is 0 Å².